The zero-order chi connectivity index (χ0) is 18.2. The Labute approximate surface area is 158 Å². The molecule has 25 heavy (non-hydrogen) atoms. The molecule has 2 aromatic rings. The first-order valence-corrected chi connectivity index (χ1v) is 8.96. The van der Waals surface area contributed by atoms with Crippen LogP contribution >= 0.6 is 23.2 Å². The summed E-state index contributed by atoms with van der Waals surface area (Å²) in [6.07, 6.45) is -0.401. The van der Waals surface area contributed by atoms with Gasteiger partial charge in [0.05, 0.1) is 17.7 Å². The van der Waals surface area contributed by atoms with Crippen molar-refractivity contribution in [1.82, 2.24) is 5.32 Å². The predicted octanol–water partition coefficient (Wildman–Crippen LogP) is 4.44. The Hall–Kier alpha value is -1.46. The molecule has 0 aliphatic rings. The summed E-state index contributed by atoms with van der Waals surface area (Å²) in [6, 6.07) is 11.2. The quantitative estimate of drug-likeness (QED) is 0.671. The number of halogens is 2. The second-order valence-electron chi connectivity index (χ2n) is 5.74. The van der Waals surface area contributed by atoms with Crippen molar-refractivity contribution in [2.75, 3.05) is 13.2 Å². The van der Waals surface area contributed by atoms with Gasteiger partial charge in [-0.25, -0.2) is 0 Å². The van der Waals surface area contributed by atoms with Crippen molar-refractivity contribution in [3.05, 3.63) is 57.6 Å². The summed E-state index contributed by atoms with van der Waals surface area (Å²) in [4.78, 5) is 0. The number of aliphatic hydroxyl groups is 1. The summed E-state index contributed by atoms with van der Waals surface area (Å²) >= 11 is 12.4. The molecule has 1 unspecified atom stereocenters. The van der Waals surface area contributed by atoms with Crippen LogP contribution in [0, 0.1) is 0 Å². The summed E-state index contributed by atoms with van der Waals surface area (Å²) in [5.41, 5.74) is 1.91. The van der Waals surface area contributed by atoms with Crippen molar-refractivity contribution in [1.29, 1.82) is 0 Å². The van der Waals surface area contributed by atoms with Gasteiger partial charge in [0, 0.05) is 18.1 Å². The topological polar surface area (TPSA) is 50.7 Å². The van der Waals surface area contributed by atoms with Crippen LogP contribution in [0.2, 0.25) is 10.0 Å². The summed E-state index contributed by atoms with van der Waals surface area (Å²) in [5, 5.41) is 13.6. The highest BCUT2D eigenvalue weighted by atomic mass is 35.5. The van der Waals surface area contributed by atoms with Crippen LogP contribution in [0.5, 0.6) is 11.5 Å². The third-order valence-corrected chi connectivity index (χ3v) is 3.93. The first-order chi connectivity index (χ1) is 12.0. The Morgan fingerprint density at radius 1 is 1.12 bits per heavy atom. The minimum absolute atomic E-state index is 0.347. The molecule has 6 heteroatoms. The van der Waals surface area contributed by atoms with E-state index in [1.54, 1.807) is 6.92 Å². The third kappa shape index (κ3) is 6.40. The van der Waals surface area contributed by atoms with Crippen molar-refractivity contribution in [3.63, 3.8) is 0 Å². The minimum atomic E-state index is -0.401. The van der Waals surface area contributed by atoms with Crippen LogP contribution in [0.1, 0.15) is 25.0 Å². The van der Waals surface area contributed by atoms with Crippen LogP contribution in [0.3, 0.4) is 0 Å². The number of rotatable bonds is 9. The molecule has 2 aromatic carbocycles. The maximum absolute atomic E-state index is 9.32. The van der Waals surface area contributed by atoms with E-state index in [1.165, 1.54) is 0 Å². The molecule has 0 aliphatic carbocycles. The second-order valence-corrected chi connectivity index (χ2v) is 6.58. The van der Waals surface area contributed by atoms with Gasteiger partial charge < -0.3 is 19.9 Å². The van der Waals surface area contributed by atoms with Gasteiger partial charge in [-0.05, 0) is 49.2 Å². The lowest BCUT2D eigenvalue weighted by Crippen LogP contribution is -2.23. The van der Waals surface area contributed by atoms with Crippen LogP contribution in [-0.2, 0) is 13.2 Å². The molecule has 0 spiro atoms. The molecule has 1 atom stereocenters. The smallest absolute Gasteiger partial charge is 0.180 e. The Morgan fingerprint density at radius 2 is 1.92 bits per heavy atom. The van der Waals surface area contributed by atoms with Crippen LogP contribution in [-0.4, -0.2) is 24.4 Å². The molecule has 0 heterocycles. The van der Waals surface area contributed by atoms with E-state index in [2.05, 4.69) is 5.32 Å². The number of nitrogens with one attached hydrogen (secondary N) is 1. The molecule has 2 rings (SSSR count). The monoisotopic (exact) mass is 383 g/mol. The van der Waals surface area contributed by atoms with Crippen molar-refractivity contribution in [3.8, 4) is 11.5 Å². The van der Waals surface area contributed by atoms with Gasteiger partial charge in [-0.3, -0.25) is 0 Å². The van der Waals surface area contributed by atoms with Crippen LogP contribution in [0.25, 0.3) is 0 Å². The fourth-order valence-corrected chi connectivity index (χ4v) is 2.83. The fraction of sp³-hybridized carbons (Fsp3) is 0.368. The number of hydrogen-bond acceptors (Lipinski definition) is 4. The highest BCUT2D eigenvalue weighted by Crippen LogP contribution is 2.37. The van der Waals surface area contributed by atoms with E-state index in [4.69, 9.17) is 32.7 Å². The Balaban J connectivity index is 2.12. The van der Waals surface area contributed by atoms with Gasteiger partial charge in [0.25, 0.3) is 0 Å². The molecule has 0 saturated carbocycles. The lowest BCUT2D eigenvalue weighted by molar-refractivity contribution is 0.191. The van der Waals surface area contributed by atoms with E-state index in [0.717, 1.165) is 11.1 Å². The van der Waals surface area contributed by atoms with E-state index in [9.17, 15) is 5.11 Å². The first kappa shape index (κ1) is 19.9. The molecule has 0 saturated heterocycles. The summed E-state index contributed by atoms with van der Waals surface area (Å²) in [5.74, 6) is 1.12. The Morgan fingerprint density at radius 3 is 2.60 bits per heavy atom. The lowest BCUT2D eigenvalue weighted by Gasteiger charge is -2.16. The summed E-state index contributed by atoms with van der Waals surface area (Å²) in [7, 11) is 0. The van der Waals surface area contributed by atoms with E-state index < -0.39 is 6.10 Å². The Bertz CT molecular complexity index is 692. The number of ether oxygens (including phenoxy) is 2. The van der Waals surface area contributed by atoms with Crippen LogP contribution in [0.15, 0.2) is 36.4 Å². The summed E-state index contributed by atoms with van der Waals surface area (Å²) < 4.78 is 11.6. The molecule has 0 fully saturated rings. The fourth-order valence-electron chi connectivity index (χ4n) is 2.33. The number of aliphatic hydroxyl groups excluding tert-OH is 1. The molecular formula is C19H23Cl2NO3. The Kier molecular flexibility index (Phi) is 7.85. The number of hydrogen-bond donors (Lipinski definition) is 2. The number of benzene rings is 2. The highest BCUT2D eigenvalue weighted by molar-refractivity contribution is 6.32. The molecule has 0 aromatic heterocycles. The van der Waals surface area contributed by atoms with Crippen molar-refractivity contribution >= 4 is 23.2 Å². The molecular weight excluding hydrogens is 361 g/mol. The minimum Gasteiger partial charge on any atom is -0.490 e. The van der Waals surface area contributed by atoms with Gasteiger partial charge in [0.2, 0.25) is 0 Å². The molecule has 0 amide bonds. The van der Waals surface area contributed by atoms with Gasteiger partial charge in [-0.1, -0.05) is 35.3 Å². The maximum atomic E-state index is 9.32. The molecule has 4 nitrogen and oxygen atoms in total. The first-order valence-electron chi connectivity index (χ1n) is 8.20. The van der Waals surface area contributed by atoms with Crippen molar-refractivity contribution < 1.29 is 14.6 Å². The summed E-state index contributed by atoms with van der Waals surface area (Å²) in [6.45, 7) is 5.59. The van der Waals surface area contributed by atoms with Gasteiger partial charge in [0.15, 0.2) is 11.5 Å². The maximum Gasteiger partial charge on any atom is 0.180 e. The largest absolute Gasteiger partial charge is 0.490 e. The van der Waals surface area contributed by atoms with Crippen molar-refractivity contribution in [2.24, 2.45) is 0 Å². The van der Waals surface area contributed by atoms with Gasteiger partial charge in [-0.15, -0.1) is 0 Å². The molecule has 136 valence electrons. The normalized spacial score (nSPS) is 12.0. The van der Waals surface area contributed by atoms with E-state index in [0.29, 0.717) is 47.8 Å². The van der Waals surface area contributed by atoms with E-state index in [-0.39, 0.29) is 0 Å². The SMILES string of the molecule is CCOc1cc(CNCC(C)O)cc(Cl)c1OCc1cccc(Cl)c1. The molecule has 0 bridgehead atoms. The average molecular weight is 384 g/mol. The zero-order valence-corrected chi connectivity index (χ0v) is 15.9. The predicted molar refractivity (Wildman–Crippen MR) is 102 cm³/mol. The van der Waals surface area contributed by atoms with Gasteiger partial charge in [-0.2, -0.15) is 0 Å². The van der Waals surface area contributed by atoms with Crippen LogP contribution in [0.4, 0.5) is 0 Å². The zero-order valence-electron chi connectivity index (χ0n) is 14.4. The lowest BCUT2D eigenvalue weighted by atomic mass is 10.2. The molecule has 0 radical (unpaired) electrons. The third-order valence-electron chi connectivity index (χ3n) is 3.41. The van der Waals surface area contributed by atoms with Gasteiger partial charge in [0.1, 0.15) is 6.61 Å². The second kappa shape index (κ2) is 9.88. The van der Waals surface area contributed by atoms with E-state index >= 15 is 0 Å². The van der Waals surface area contributed by atoms with Crippen LogP contribution < -0.4 is 14.8 Å². The average Bonchev–Trinajstić information content (AvgIpc) is 2.54. The highest BCUT2D eigenvalue weighted by Gasteiger charge is 2.13. The van der Waals surface area contributed by atoms with Crippen molar-refractivity contribution in [2.45, 2.75) is 33.1 Å². The van der Waals surface area contributed by atoms with Gasteiger partial charge >= 0.3 is 0 Å². The standard InChI is InChI=1S/C19H23Cl2NO3/c1-3-24-18-9-15(11-22-10-13(2)23)8-17(21)19(18)25-12-14-5-4-6-16(20)7-14/h4-9,13,22-23H,3,10-12H2,1-2H3. The molecule has 2 N–H and O–H groups in total. The molecule has 0 aliphatic heterocycles. The van der Waals surface area contributed by atoms with E-state index in [1.807, 2.05) is 43.3 Å².